The molecule has 0 heterocycles. The highest BCUT2D eigenvalue weighted by atomic mass is 19.1. The minimum Gasteiger partial charge on any atom is -0.490 e. The van der Waals surface area contributed by atoms with E-state index in [4.69, 9.17) is 16.2 Å². The van der Waals surface area contributed by atoms with Crippen molar-refractivity contribution in [3.8, 4) is 5.75 Å². The van der Waals surface area contributed by atoms with Crippen LogP contribution in [0, 0.1) is 26.0 Å². The summed E-state index contributed by atoms with van der Waals surface area (Å²) < 4.78 is 17.3. The Kier molecular flexibility index (Phi) is 5.78. The van der Waals surface area contributed by atoms with Crippen molar-refractivity contribution in [2.24, 2.45) is 0 Å². The van der Waals surface area contributed by atoms with E-state index in [0.29, 0.717) is 5.69 Å². The Hall–Kier alpha value is -3.43. The maximum absolute atomic E-state index is 12.6. The number of hydrogen-bond donors (Lipinski definition) is 2. The number of hydrogen-bond acceptors (Lipinski definition) is 7. The van der Waals surface area contributed by atoms with Gasteiger partial charge in [0.2, 0.25) is 5.82 Å². The first-order chi connectivity index (χ1) is 10.8. The van der Waals surface area contributed by atoms with Crippen LogP contribution in [0.3, 0.4) is 0 Å². The maximum atomic E-state index is 12.6. The molecule has 0 radical (unpaired) electrons. The van der Waals surface area contributed by atoms with Crippen LogP contribution >= 0.6 is 0 Å². The molecule has 0 unspecified atom stereocenters. The molecule has 4 N–H and O–H groups in total. The second-order valence-electron chi connectivity index (χ2n) is 4.12. The number of halogens is 1. The Bertz CT molecular complexity index is 718. The molecule has 0 saturated carbocycles. The third-order valence-corrected chi connectivity index (χ3v) is 2.60. The Balaban J connectivity index is 0.000000231. The molecule has 122 valence electrons. The lowest BCUT2D eigenvalue weighted by molar-refractivity contribution is -0.386. The van der Waals surface area contributed by atoms with E-state index in [-0.39, 0.29) is 17.1 Å². The predicted molar refractivity (Wildman–Crippen MR) is 81.5 cm³/mol. The van der Waals surface area contributed by atoms with Crippen LogP contribution in [0.1, 0.15) is 0 Å². The van der Waals surface area contributed by atoms with Crippen LogP contribution in [-0.2, 0) is 0 Å². The number of nitrogen functional groups attached to an aromatic ring is 2. The summed E-state index contributed by atoms with van der Waals surface area (Å²) in [6.07, 6.45) is 0. The number of nitro groups is 2. The van der Waals surface area contributed by atoms with Crippen LogP contribution in [0.25, 0.3) is 0 Å². The number of ether oxygens (including phenoxy) is 1. The molecule has 2 rings (SSSR count). The lowest BCUT2D eigenvalue weighted by Gasteiger charge is -2.00. The molecule has 23 heavy (non-hydrogen) atoms. The van der Waals surface area contributed by atoms with Gasteiger partial charge in [0.05, 0.1) is 17.0 Å². The van der Waals surface area contributed by atoms with E-state index in [1.807, 2.05) is 0 Å². The molecule has 0 aliphatic carbocycles. The minimum atomic E-state index is -0.907. The quantitative estimate of drug-likeness (QED) is 0.500. The van der Waals surface area contributed by atoms with Crippen LogP contribution in [-0.4, -0.2) is 17.0 Å². The van der Waals surface area contributed by atoms with E-state index in [9.17, 15) is 24.6 Å². The molecule has 0 aliphatic rings. The smallest absolute Gasteiger partial charge is 0.327 e. The van der Waals surface area contributed by atoms with Gasteiger partial charge in [0, 0.05) is 11.8 Å². The zero-order valence-electron chi connectivity index (χ0n) is 11.9. The highest BCUT2D eigenvalue weighted by molar-refractivity contribution is 5.58. The lowest BCUT2D eigenvalue weighted by Crippen LogP contribution is -1.97. The van der Waals surface area contributed by atoms with E-state index in [1.54, 1.807) is 6.07 Å². The third kappa shape index (κ3) is 4.52. The SMILES string of the molecule is COc1ccc(N)cc1[N+](=O)[O-].Nc1cccc(F)c1[N+](=O)[O-]. The highest BCUT2D eigenvalue weighted by Crippen LogP contribution is 2.28. The van der Waals surface area contributed by atoms with Crippen molar-refractivity contribution in [2.45, 2.75) is 0 Å². The summed E-state index contributed by atoms with van der Waals surface area (Å²) in [5, 5.41) is 20.5. The maximum Gasteiger partial charge on any atom is 0.327 e. The molecule has 0 bridgehead atoms. The van der Waals surface area contributed by atoms with Crippen molar-refractivity contribution in [1.29, 1.82) is 0 Å². The number of nitrogens with zero attached hydrogens (tertiary/aromatic N) is 2. The van der Waals surface area contributed by atoms with Gasteiger partial charge in [-0.2, -0.15) is 4.39 Å². The standard InChI is InChI=1S/C7H8N2O3.C6H5FN2O2/c1-12-7-3-2-5(8)4-6(7)9(10)11;7-4-2-1-3-5(8)6(4)9(10)11/h2-4H,8H2,1H3;1-3H,8H2. The molecule has 0 saturated heterocycles. The van der Waals surface area contributed by atoms with Gasteiger partial charge in [-0.25, -0.2) is 0 Å². The molecule has 0 spiro atoms. The summed E-state index contributed by atoms with van der Waals surface area (Å²) in [5.74, 6) is -0.691. The molecule has 9 nitrogen and oxygen atoms in total. The zero-order valence-corrected chi connectivity index (χ0v) is 11.9. The van der Waals surface area contributed by atoms with Gasteiger partial charge in [-0.15, -0.1) is 0 Å². The van der Waals surface area contributed by atoms with Gasteiger partial charge in [0.25, 0.3) is 0 Å². The van der Waals surface area contributed by atoms with Crippen LogP contribution < -0.4 is 16.2 Å². The molecule has 2 aromatic rings. The van der Waals surface area contributed by atoms with E-state index in [0.717, 1.165) is 6.07 Å². The van der Waals surface area contributed by atoms with E-state index < -0.39 is 21.4 Å². The van der Waals surface area contributed by atoms with E-state index in [2.05, 4.69) is 0 Å². The van der Waals surface area contributed by atoms with Crippen LogP contribution in [0.5, 0.6) is 5.75 Å². The predicted octanol–water partition coefficient (Wildman–Crippen LogP) is 2.50. The number of methoxy groups -OCH3 is 1. The van der Waals surface area contributed by atoms with Crippen molar-refractivity contribution >= 4 is 22.7 Å². The second-order valence-corrected chi connectivity index (χ2v) is 4.12. The summed E-state index contributed by atoms with van der Waals surface area (Å²) in [4.78, 5) is 19.2. The summed E-state index contributed by atoms with van der Waals surface area (Å²) >= 11 is 0. The van der Waals surface area contributed by atoms with E-state index >= 15 is 0 Å². The van der Waals surface area contributed by atoms with Gasteiger partial charge in [0.15, 0.2) is 5.75 Å². The minimum absolute atomic E-state index is 0.113. The van der Waals surface area contributed by atoms with Gasteiger partial charge in [-0.05, 0) is 24.3 Å². The first-order valence-corrected chi connectivity index (χ1v) is 6.04. The molecule has 0 fully saturated rings. The van der Waals surface area contributed by atoms with Gasteiger partial charge in [0.1, 0.15) is 5.69 Å². The summed E-state index contributed by atoms with van der Waals surface area (Å²) in [6, 6.07) is 7.87. The molecular weight excluding hydrogens is 311 g/mol. The number of anilines is 2. The fraction of sp³-hybridized carbons (Fsp3) is 0.0769. The number of benzene rings is 2. The van der Waals surface area contributed by atoms with Crippen molar-refractivity contribution in [3.05, 3.63) is 62.4 Å². The molecule has 0 aliphatic heterocycles. The van der Waals surface area contributed by atoms with Gasteiger partial charge in [-0.3, -0.25) is 20.2 Å². The first-order valence-electron chi connectivity index (χ1n) is 6.04. The number of nitrogens with two attached hydrogens (primary N) is 2. The molecule has 0 atom stereocenters. The van der Waals surface area contributed by atoms with Crippen molar-refractivity contribution in [3.63, 3.8) is 0 Å². The number of nitro benzene ring substituents is 2. The van der Waals surface area contributed by atoms with Crippen LogP contribution in [0.15, 0.2) is 36.4 Å². The van der Waals surface area contributed by atoms with Crippen molar-refractivity contribution in [1.82, 2.24) is 0 Å². The molecule has 0 amide bonds. The highest BCUT2D eigenvalue weighted by Gasteiger charge is 2.16. The fourth-order valence-electron chi connectivity index (χ4n) is 1.57. The average Bonchev–Trinajstić information content (AvgIpc) is 2.47. The zero-order chi connectivity index (χ0) is 17.6. The van der Waals surface area contributed by atoms with Crippen molar-refractivity contribution in [2.75, 3.05) is 18.6 Å². The normalized spacial score (nSPS) is 9.48. The number of para-hydroxylation sites is 1. The number of rotatable bonds is 3. The van der Waals surface area contributed by atoms with Gasteiger partial charge in [-0.1, -0.05) is 6.07 Å². The summed E-state index contributed by atoms with van der Waals surface area (Å²) in [7, 11) is 1.37. The first kappa shape index (κ1) is 17.6. The van der Waals surface area contributed by atoms with Gasteiger partial charge < -0.3 is 16.2 Å². The van der Waals surface area contributed by atoms with Crippen LogP contribution in [0.4, 0.5) is 27.1 Å². The lowest BCUT2D eigenvalue weighted by atomic mass is 10.2. The largest absolute Gasteiger partial charge is 0.490 e. The molecule has 2 aromatic carbocycles. The van der Waals surface area contributed by atoms with Gasteiger partial charge >= 0.3 is 11.4 Å². The summed E-state index contributed by atoms with van der Waals surface area (Å²) in [5.41, 5.74) is 9.92. The van der Waals surface area contributed by atoms with Crippen molar-refractivity contribution < 1.29 is 19.0 Å². The fourth-order valence-corrected chi connectivity index (χ4v) is 1.57. The van der Waals surface area contributed by atoms with Crippen LogP contribution in [0.2, 0.25) is 0 Å². The van der Waals surface area contributed by atoms with E-state index in [1.165, 1.54) is 31.4 Å². The monoisotopic (exact) mass is 324 g/mol. The third-order valence-electron chi connectivity index (χ3n) is 2.60. The Morgan fingerprint density at radius 3 is 2.17 bits per heavy atom. The Morgan fingerprint density at radius 2 is 1.74 bits per heavy atom. The molecular formula is C13H13FN4O5. The Morgan fingerprint density at radius 1 is 1.09 bits per heavy atom. The Labute approximate surface area is 129 Å². The molecule has 0 aromatic heterocycles. The average molecular weight is 324 g/mol. The summed E-state index contributed by atoms with van der Waals surface area (Å²) in [6.45, 7) is 0. The second kappa shape index (κ2) is 7.54. The topological polar surface area (TPSA) is 148 Å². The molecule has 10 heteroatoms.